The number of hydrogen-bond donors (Lipinski definition) is 1. The topological polar surface area (TPSA) is 38.3 Å². The molecule has 0 aliphatic heterocycles. The van der Waals surface area contributed by atoms with Crippen molar-refractivity contribution in [2.75, 3.05) is 14.2 Å². The summed E-state index contributed by atoms with van der Waals surface area (Å²) >= 11 is 0. The Morgan fingerprint density at radius 2 is 1.50 bits per heavy atom. The van der Waals surface area contributed by atoms with Crippen LogP contribution in [-0.4, -0.2) is 20.1 Å². The van der Waals surface area contributed by atoms with Crippen molar-refractivity contribution in [3.8, 4) is 0 Å². The zero-order chi connectivity index (χ0) is 20.4. The summed E-state index contributed by atoms with van der Waals surface area (Å²) in [6.45, 7) is 13.7. The highest BCUT2D eigenvalue weighted by Crippen LogP contribution is 2.15. The molecule has 1 atom stereocenters. The molecule has 1 amide bonds. The zero-order valence-corrected chi connectivity index (χ0v) is 17.4. The van der Waals surface area contributed by atoms with Gasteiger partial charge in [-0.15, -0.1) is 0 Å². The van der Waals surface area contributed by atoms with Crippen LogP contribution >= 0.6 is 0 Å². The van der Waals surface area contributed by atoms with Crippen molar-refractivity contribution >= 4 is 12.0 Å². The number of hydrogen-bond acceptors (Lipinski definition) is 2. The highest BCUT2D eigenvalue weighted by atomic mass is 16.5. The molecule has 0 aromatic heterocycles. The van der Waals surface area contributed by atoms with Crippen molar-refractivity contribution in [3.05, 3.63) is 77.9 Å². The summed E-state index contributed by atoms with van der Waals surface area (Å²) in [5.74, 6) is -0.131. The fraction of sp³-hybridized carbons (Fsp3) is 0.348. The van der Waals surface area contributed by atoms with Crippen LogP contribution in [0.15, 0.2) is 61.2 Å². The summed E-state index contributed by atoms with van der Waals surface area (Å²) in [4.78, 5) is 11.3. The fourth-order valence-corrected chi connectivity index (χ4v) is 1.86. The van der Waals surface area contributed by atoms with Gasteiger partial charge in [-0.3, -0.25) is 4.79 Å². The maximum Gasteiger partial charge on any atom is 0.253 e. The number of ether oxygens (including phenoxy) is 1. The molecule has 0 spiro atoms. The molecule has 0 saturated heterocycles. The summed E-state index contributed by atoms with van der Waals surface area (Å²) in [6.07, 6.45) is 1.34. The van der Waals surface area contributed by atoms with Crippen molar-refractivity contribution in [2.24, 2.45) is 0 Å². The van der Waals surface area contributed by atoms with Gasteiger partial charge in [-0.2, -0.15) is 0 Å². The van der Waals surface area contributed by atoms with Gasteiger partial charge in [0, 0.05) is 14.2 Å². The molecule has 0 saturated carbocycles. The molecular formula is C23H35NO2. The minimum atomic E-state index is -0.508. The van der Waals surface area contributed by atoms with Crippen molar-refractivity contribution in [1.82, 2.24) is 5.32 Å². The highest BCUT2D eigenvalue weighted by molar-refractivity contribution is 5.81. The van der Waals surface area contributed by atoms with Crippen LogP contribution in [0.2, 0.25) is 0 Å². The lowest BCUT2D eigenvalue weighted by atomic mass is 10.1. The predicted octanol–water partition coefficient (Wildman–Crippen LogP) is 5.81. The van der Waals surface area contributed by atoms with Gasteiger partial charge in [-0.05, 0) is 18.1 Å². The molecule has 3 nitrogen and oxygen atoms in total. The molecule has 0 aliphatic carbocycles. The van der Waals surface area contributed by atoms with Crippen molar-refractivity contribution in [1.29, 1.82) is 0 Å². The Bertz CT molecular complexity index is 577. The summed E-state index contributed by atoms with van der Waals surface area (Å²) in [5.41, 5.74) is 3.34. The van der Waals surface area contributed by atoms with Gasteiger partial charge in [0.2, 0.25) is 0 Å². The predicted molar refractivity (Wildman–Crippen MR) is 114 cm³/mol. The number of amides is 1. The normalized spacial score (nSPS) is 9.65. The smallest absolute Gasteiger partial charge is 0.253 e. The molecule has 1 unspecified atom stereocenters. The minimum absolute atomic E-state index is 0.131. The molecule has 2 rings (SSSR count). The first-order chi connectivity index (χ1) is 12.6. The van der Waals surface area contributed by atoms with Gasteiger partial charge in [0.1, 0.15) is 0 Å². The minimum Gasteiger partial charge on any atom is -0.367 e. The summed E-state index contributed by atoms with van der Waals surface area (Å²) in [5, 5.41) is 2.55. The van der Waals surface area contributed by atoms with E-state index in [1.54, 1.807) is 7.05 Å². The van der Waals surface area contributed by atoms with Crippen molar-refractivity contribution < 1.29 is 9.53 Å². The highest BCUT2D eigenvalue weighted by Gasteiger charge is 2.17. The van der Waals surface area contributed by atoms with E-state index in [1.165, 1.54) is 18.2 Å². The molecule has 0 radical (unpaired) electrons. The van der Waals surface area contributed by atoms with E-state index in [4.69, 9.17) is 4.74 Å². The average Bonchev–Trinajstić information content (AvgIpc) is 2.73. The number of rotatable bonds is 4. The average molecular weight is 358 g/mol. The van der Waals surface area contributed by atoms with Gasteiger partial charge in [0.15, 0.2) is 6.10 Å². The summed E-state index contributed by atoms with van der Waals surface area (Å²) in [6, 6.07) is 17.7. The SMILES string of the molecule is C=Cc1ccc(C)cc1.CC.CC.CNC(=O)C(OC)c1ccccc1. The monoisotopic (exact) mass is 357 g/mol. The molecule has 2 aromatic carbocycles. The number of carbonyl (C=O) groups excluding carboxylic acids is 1. The quantitative estimate of drug-likeness (QED) is 0.750. The number of carbonyl (C=O) groups is 1. The van der Waals surface area contributed by atoms with Gasteiger partial charge in [-0.25, -0.2) is 0 Å². The van der Waals surface area contributed by atoms with E-state index in [2.05, 4.69) is 43.1 Å². The van der Waals surface area contributed by atoms with Crippen LogP contribution in [0.25, 0.3) is 6.08 Å². The lowest BCUT2D eigenvalue weighted by Crippen LogP contribution is -2.26. The molecule has 1 N–H and O–H groups in total. The number of methoxy groups -OCH3 is 1. The lowest BCUT2D eigenvalue weighted by Gasteiger charge is -2.13. The van der Waals surface area contributed by atoms with Gasteiger partial charge >= 0.3 is 0 Å². The fourth-order valence-electron chi connectivity index (χ4n) is 1.86. The maximum absolute atomic E-state index is 11.3. The third-order valence-electron chi connectivity index (χ3n) is 3.14. The molecule has 0 fully saturated rings. The number of nitrogens with one attached hydrogen (secondary N) is 1. The Kier molecular flexibility index (Phi) is 17.3. The van der Waals surface area contributed by atoms with Crippen LogP contribution in [0.4, 0.5) is 0 Å². The van der Waals surface area contributed by atoms with Crippen LogP contribution in [0.5, 0.6) is 0 Å². The second-order valence-electron chi connectivity index (χ2n) is 4.76. The Hall–Kier alpha value is -2.39. The van der Waals surface area contributed by atoms with E-state index >= 15 is 0 Å². The molecule has 2 aromatic rings. The second-order valence-corrected chi connectivity index (χ2v) is 4.76. The van der Waals surface area contributed by atoms with E-state index in [0.717, 1.165) is 5.56 Å². The molecule has 26 heavy (non-hydrogen) atoms. The third kappa shape index (κ3) is 10.5. The van der Waals surface area contributed by atoms with Gasteiger partial charge in [-0.1, -0.05) is 101 Å². The third-order valence-corrected chi connectivity index (χ3v) is 3.14. The first-order valence-electron chi connectivity index (χ1n) is 9.10. The van der Waals surface area contributed by atoms with Crippen LogP contribution in [0.3, 0.4) is 0 Å². The van der Waals surface area contributed by atoms with Gasteiger partial charge < -0.3 is 10.1 Å². The van der Waals surface area contributed by atoms with Crippen molar-refractivity contribution in [3.63, 3.8) is 0 Å². The molecular weight excluding hydrogens is 322 g/mol. The first kappa shape index (κ1) is 25.8. The Labute approximate surface area is 160 Å². The molecule has 0 bridgehead atoms. The van der Waals surface area contributed by atoms with E-state index in [1.807, 2.05) is 64.1 Å². The zero-order valence-electron chi connectivity index (χ0n) is 17.4. The van der Waals surface area contributed by atoms with E-state index in [-0.39, 0.29) is 5.91 Å². The molecule has 0 aliphatic rings. The van der Waals surface area contributed by atoms with Crippen LogP contribution < -0.4 is 5.32 Å². The summed E-state index contributed by atoms with van der Waals surface area (Å²) < 4.78 is 5.08. The Morgan fingerprint density at radius 1 is 1.00 bits per heavy atom. The second kappa shape index (κ2) is 17.4. The largest absolute Gasteiger partial charge is 0.367 e. The van der Waals surface area contributed by atoms with Crippen LogP contribution in [-0.2, 0) is 9.53 Å². The summed E-state index contributed by atoms with van der Waals surface area (Å²) in [7, 11) is 3.12. The Balaban J connectivity index is 0. The molecule has 144 valence electrons. The van der Waals surface area contributed by atoms with E-state index in [0.29, 0.717) is 0 Å². The maximum atomic E-state index is 11.3. The van der Waals surface area contributed by atoms with E-state index < -0.39 is 6.10 Å². The van der Waals surface area contributed by atoms with Gasteiger partial charge in [0.05, 0.1) is 0 Å². The van der Waals surface area contributed by atoms with E-state index in [9.17, 15) is 4.79 Å². The Morgan fingerprint density at radius 3 is 1.88 bits per heavy atom. The standard InChI is InChI=1S/C10H13NO2.C9H10.2C2H6/c1-11-10(12)9(13-2)8-6-4-3-5-7-8;1-3-9-6-4-8(2)5-7-9;2*1-2/h3-7,9H,1-2H3,(H,11,12);3-7H,1H2,2H3;2*1-2H3. The number of benzene rings is 2. The number of likely N-dealkylation sites (N-methyl/N-ethyl adjacent to an activating group) is 1. The molecule has 3 heteroatoms. The van der Waals surface area contributed by atoms with Crippen LogP contribution in [0, 0.1) is 6.92 Å². The number of aryl methyl sites for hydroxylation is 1. The van der Waals surface area contributed by atoms with Crippen LogP contribution in [0.1, 0.15) is 50.5 Å². The lowest BCUT2D eigenvalue weighted by molar-refractivity contribution is -0.130. The van der Waals surface area contributed by atoms with Crippen molar-refractivity contribution in [2.45, 2.75) is 40.7 Å². The molecule has 0 heterocycles. The van der Waals surface area contributed by atoms with Gasteiger partial charge in [0.25, 0.3) is 5.91 Å². The first-order valence-corrected chi connectivity index (χ1v) is 9.10.